The van der Waals surface area contributed by atoms with E-state index in [0.717, 1.165) is 37.4 Å². The van der Waals surface area contributed by atoms with Crippen LogP contribution in [0.5, 0.6) is 0 Å². The molecule has 1 N–H and O–H groups in total. The summed E-state index contributed by atoms with van der Waals surface area (Å²) in [6.07, 6.45) is 1.76. The summed E-state index contributed by atoms with van der Waals surface area (Å²) in [6, 6.07) is 8.51. The van der Waals surface area contributed by atoms with Crippen molar-refractivity contribution < 1.29 is 0 Å². The summed E-state index contributed by atoms with van der Waals surface area (Å²) in [5.74, 6) is 0.145. The van der Waals surface area contributed by atoms with Gasteiger partial charge in [0.05, 0.1) is 11.9 Å². The molecule has 1 saturated heterocycles. The highest BCUT2D eigenvalue weighted by atomic mass is 16.1. The van der Waals surface area contributed by atoms with Crippen LogP contribution in [0.2, 0.25) is 0 Å². The molecule has 1 aliphatic heterocycles. The van der Waals surface area contributed by atoms with E-state index in [9.17, 15) is 4.79 Å². The number of piperazine rings is 1. The summed E-state index contributed by atoms with van der Waals surface area (Å²) in [5.41, 5.74) is 4.11. The van der Waals surface area contributed by atoms with Crippen molar-refractivity contribution in [3.63, 3.8) is 0 Å². The lowest BCUT2D eigenvalue weighted by molar-refractivity contribution is 0.312. The van der Waals surface area contributed by atoms with Crippen LogP contribution in [0, 0.1) is 0 Å². The van der Waals surface area contributed by atoms with E-state index in [1.54, 1.807) is 13.2 Å². The number of nitrogens with zero attached hydrogens (tertiary/aromatic N) is 4. The molecule has 26 heavy (non-hydrogen) atoms. The van der Waals surface area contributed by atoms with Crippen molar-refractivity contribution in [3.8, 4) is 0 Å². The van der Waals surface area contributed by atoms with E-state index in [1.165, 1.54) is 15.9 Å². The molecular weight excluding hydrogens is 326 g/mol. The first kappa shape index (κ1) is 18.5. The number of likely N-dealkylation sites (N-methyl/N-ethyl adjacent to an activating group) is 1. The second kappa shape index (κ2) is 7.91. The van der Waals surface area contributed by atoms with E-state index in [4.69, 9.17) is 0 Å². The maximum Gasteiger partial charge on any atom is 0.272 e. The Morgan fingerprint density at radius 2 is 1.81 bits per heavy atom. The second-order valence-corrected chi connectivity index (χ2v) is 7.33. The van der Waals surface area contributed by atoms with Crippen LogP contribution in [0.1, 0.15) is 30.9 Å². The Kier molecular flexibility index (Phi) is 5.61. The van der Waals surface area contributed by atoms with E-state index in [0.29, 0.717) is 6.54 Å². The molecule has 0 bridgehead atoms. The molecule has 1 aromatic heterocycles. The number of aromatic nitrogens is 2. The zero-order valence-corrected chi connectivity index (χ0v) is 16.2. The molecule has 0 aliphatic carbocycles. The van der Waals surface area contributed by atoms with Gasteiger partial charge < -0.3 is 15.1 Å². The highest BCUT2D eigenvalue weighted by molar-refractivity contribution is 5.57. The third-order valence-corrected chi connectivity index (χ3v) is 5.06. The van der Waals surface area contributed by atoms with Crippen LogP contribution in [-0.2, 0) is 13.6 Å². The first-order valence-electron chi connectivity index (χ1n) is 9.29. The van der Waals surface area contributed by atoms with Crippen LogP contribution in [0.15, 0.2) is 35.3 Å². The second-order valence-electron chi connectivity index (χ2n) is 7.33. The third-order valence-electron chi connectivity index (χ3n) is 5.06. The van der Waals surface area contributed by atoms with Gasteiger partial charge in [-0.3, -0.25) is 4.79 Å². The molecule has 1 aliphatic rings. The SMILES string of the molecule is CC(C)c1c(NCc2ccccc2N2CCN(C)CC2)cnn(C)c1=O. The molecule has 1 aromatic carbocycles. The topological polar surface area (TPSA) is 53.4 Å². The molecule has 6 heteroatoms. The van der Waals surface area contributed by atoms with Crippen molar-refractivity contribution in [1.29, 1.82) is 0 Å². The van der Waals surface area contributed by atoms with Crippen LogP contribution in [0.3, 0.4) is 0 Å². The van der Waals surface area contributed by atoms with Crippen molar-refractivity contribution in [3.05, 3.63) is 51.9 Å². The minimum atomic E-state index is -0.0302. The minimum absolute atomic E-state index is 0.0302. The number of anilines is 2. The Hall–Kier alpha value is -2.34. The molecule has 6 nitrogen and oxygen atoms in total. The van der Waals surface area contributed by atoms with Gasteiger partial charge in [0.2, 0.25) is 0 Å². The maximum absolute atomic E-state index is 12.4. The molecule has 0 saturated carbocycles. The predicted molar refractivity (Wildman–Crippen MR) is 107 cm³/mol. The van der Waals surface area contributed by atoms with Gasteiger partial charge in [-0.25, -0.2) is 4.68 Å². The number of hydrogen-bond acceptors (Lipinski definition) is 5. The molecule has 0 radical (unpaired) electrons. The molecule has 1 fully saturated rings. The van der Waals surface area contributed by atoms with Crippen molar-refractivity contribution in [2.45, 2.75) is 26.3 Å². The Morgan fingerprint density at radius 3 is 2.50 bits per heavy atom. The number of hydrogen-bond donors (Lipinski definition) is 1. The number of rotatable bonds is 5. The minimum Gasteiger partial charge on any atom is -0.379 e. The Labute approximate surface area is 155 Å². The van der Waals surface area contributed by atoms with Crippen LogP contribution in [0.4, 0.5) is 11.4 Å². The molecule has 140 valence electrons. The Bertz CT molecular complexity index is 806. The van der Waals surface area contributed by atoms with Crippen LogP contribution in [0.25, 0.3) is 0 Å². The van der Waals surface area contributed by atoms with E-state index >= 15 is 0 Å². The van der Waals surface area contributed by atoms with Crippen LogP contribution < -0.4 is 15.8 Å². The molecule has 0 spiro atoms. The fourth-order valence-electron chi connectivity index (χ4n) is 3.46. The molecule has 0 atom stereocenters. The van der Waals surface area contributed by atoms with E-state index in [1.807, 2.05) is 13.8 Å². The van der Waals surface area contributed by atoms with Gasteiger partial charge in [-0.2, -0.15) is 5.10 Å². The highest BCUT2D eigenvalue weighted by Crippen LogP contribution is 2.24. The number of para-hydroxylation sites is 1. The van der Waals surface area contributed by atoms with Crippen molar-refractivity contribution in [2.24, 2.45) is 7.05 Å². The molecule has 2 heterocycles. The summed E-state index contributed by atoms with van der Waals surface area (Å²) in [5, 5.41) is 7.63. The largest absolute Gasteiger partial charge is 0.379 e. The molecule has 3 rings (SSSR count). The monoisotopic (exact) mass is 355 g/mol. The molecule has 0 unspecified atom stereocenters. The first-order valence-corrected chi connectivity index (χ1v) is 9.29. The van der Waals surface area contributed by atoms with Gasteiger partial charge in [-0.15, -0.1) is 0 Å². The smallest absolute Gasteiger partial charge is 0.272 e. The maximum atomic E-state index is 12.4. The molecule has 0 amide bonds. The number of nitrogens with one attached hydrogen (secondary N) is 1. The van der Waals surface area contributed by atoms with Crippen molar-refractivity contribution in [2.75, 3.05) is 43.4 Å². The van der Waals surface area contributed by atoms with Gasteiger partial charge >= 0.3 is 0 Å². The molecular formula is C20H29N5O. The quantitative estimate of drug-likeness (QED) is 0.892. The number of benzene rings is 1. The summed E-state index contributed by atoms with van der Waals surface area (Å²) in [4.78, 5) is 17.2. The normalized spacial score (nSPS) is 15.5. The van der Waals surface area contributed by atoms with Crippen molar-refractivity contribution in [1.82, 2.24) is 14.7 Å². The number of aryl methyl sites for hydroxylation is 1. The van der Waals surface area contributed by atoms with Gasteiger partial charge in [-0.1, -0.05) is 32.0 Å². The lowest BCUT2D eigenvalue weighted by Crippen LogP contribution is -2.44. The summed E-state index contributed by atoms with van der Waals surface area (Å²) in [7, 11) is 3.86. The predicted octanol–water partition coefficient (Wildman–Crippen LogP) is 2.27. The fourth-order valence-corrected chi connectivity index (χ4v) is 3.46. The van der Waals surface area contributed by atoms with Crippen LogP contribution >= 0.6 is 0 Å². The summed E-state index contributed by atoms with van der Waals surface area (Å²) < 4.78 is 1.40. The van der Waals surface area contributed by atoms with Gasteiger partial charge in [-0.05, 0) is 24.6 Å². The van der Waals surface area contributed by atoms with Gasteiger partial charge in [0, 0.05) is 51.0 Å². The zero-order valence-electron chi connectivity index (χ0n) is 16.2. The first-order chi connectivity index (χ1) is 12.5. The Morgan fingerprint density at radius 1 is 1.12 bits per heavy atom. The lowest BCUT2D eigenvalue weighted by atomic mass is 10.0. The van der Waals surface area contributed by atoms with E-state index in [2.05, 4.69) is 51.5 Å². The lowest BCUT2D eigenvalue weighted by Gasteiger charge is -2.35. The Balaban J connectivity index is 1.81. The average Bonchev–Trinajstić information content (AvgIpc) is 2.63. The standard InChI is InChI=1S/C20H29N5O/c1-15(2)19-17(14-22-24(4)20(19)26)21-13-16-7-5-6-8-18(16)25-11-9-23(3)10-12-25/h5-8,14-15,21H,9-13H2,1-4H3. The van der Waals surface area contributed by atoms with Gasteiger partial charge in [0.1, 0.15) is 0 Å². The van der Waals surface area contributed by atoms with Crippen LogP contribution in [-0.4, -0.2) is 47.9 Å². The fraction of sp³-hybridized carbons (Fsp3) is 0.500. The van der Waals surface area contributed by atoms with Gasteiger partial charge in [0.25, 0.3) is 5.56 Å². The summed E-state index contributed by atoms with van der Waals surface area (Å²) in [6.45, 7) is 9.00. The third kappa shape index (κ3) is 3.90. The van der Waals surface area contributed by atoms with Gasteiger partial charge in [0.15, 0.2) is 0 Å². The highest BCUT2D eigenvalue weighted by Gasteiger charge is 2.18. The molecule has 2 aromatic rings. The van der Waals surface area contributed by atoms with E-state index in [-0.39, 0.29) is 11.5 Å². The zero-order chi connectivity index (χ0) is 18.7. The summed E-state index contributed by atoms with van der Waals surface area (Å²) >= 11 is 0. The van der Waals surface area contributed by atoms with Crippen molar-refractivity contribution >= 4 is 11.4 Å². The van der Waals surface area contributed by atoms with E-state index < -0.39 is 0 Å². The average molecular weight is 355 g/mol.